The highest BCUT2D eigenvalue weighted by atomic mass is 35.5. The van der Waals surface area contributed by atoms with Gasteiger partial charge in [-0.3, -0.25) is 4.79 Å². The van der Waals surface area contributed by atoms with Gasteiger partial charge in [0.15, 0.2) is 6.04 Å². The topological polar surface area (TPSA) is 70.9 Å². The monoisotopic (exact) mass is 332 g/mol. The second kappa shape index (κ2) is 6.08. The molecule has 2 atom stereocenters. The lowest BCUT2D eigenvalue weighted by Gasteiger charge is -2.12. The molecule has 0 aromatic heterocycles. The molecule has 1 aliphatic rings. The lowest BCUT2D eigenvalue weighted by atomic mass is 10.1. The molecule has 6 heteroatoms. The van der Waals surface area contributed by atoms with Crippen LogP contribution in [0.15, 0.2) is 35.3 Å². The summed E-state index contributed by atoms with van der Waals surface area (Å²) in [6.45, 7) is 4.15. The summed E-state index contributed by atoms with van der Waals surface area (Å²) in [7, 11) is 0. The van der Waals surface area contributed by atoms with Crippen molar-refractivity contribution in [2.24, 2.45) is 4.99 Å². The fourth-order valence-corrected chi connectivity index (χ4v) is 2.94. The Morgan fingerprint density at radius 2 is 2.09 bits per heavy atom. The van der Waals surface area contributed by atoms with E-state index in [-0.39, 0.29) is 17.6 Å². The van der Waals surface area contributed by atoms with Gasteiger partial charge in [-0.05, 0) is 19.9 Å². The molecule has 0 unspecified atom stereocenters. The quantitative estimate of drug-likeness (QED) is 0.908. The summed E-state index contributed by atoms with van der Waals surface area (Å²) in [5, 5.41) is 15.1. The van der Waals surface area contributed by atoms with Crippen LogP contribution in [-0.4, -0.2) is 35.6 Å². The van der Waals surface area contributed by atoms with Crippen molar-refractivity contribution in [1.82, 2.24) is 5.32 Å². The Bertz CT molecular complexity index is 804. The zero-order chi connectivity index (χ0) is 16.6. The molecule has 2 aromatic rings. The van der Waals surface area contributed by atoms with E-state index in [1.807, 2.05) is 25.1 Å². The van der Waals surface area contributed by atoms with Crippen LogP contribution < -0.4 is 5.32 Å². The van der Waals surface area contributed by atoms with Gasteiger partial charge in [-0.15, -0.1) is 0 Å². The van der Waals surface area contributed by atoms with Crippen LogP contribution in [0.2, 0.25) is 5.02 Å². The normalized spacial score (nSPS) is 20.2. The summed E-state index contributed by atoms with van der Waals surface area (Å²) >= 11 is 6.30. The SMILES string of the molecule is CCNC(=O)[C@H]1N=C(c2cc(Cl)c3ccccc3c2O)O[C@H]1C. The molecule has 0 radical (unpaired) electrons. The van der Waals surface area contributed by atoms with Crippen molar-refractivity contribution in [3.8, 4) is 5.75 Å². The molecular weight excluding hydrogens is 316 g/mol. The number of phenols is 1. The van der Waals surface area contributed by atoms with Gasteiger partial charge >= 0.3 is 0 Å². The van der Waals surface area contributed by atoms with Crippen molar-refractivity contribution in [3.05, 3.63) is 40.9 Å². The average Bonchev–Trinajstić information content (AvgIpc) is 2.93. The molecule has 2 aromatic carbocycles. The third-order valence-electron chi connectivity index (χ3n) is 3.81. The number of aliphatic imine (C=N–C) groups is 1. The van der Waals surface area contributed by atoms with E-state index in [2.05, 4.69) is 10.3 Å². The van der Waals surface area contributed by atoms with Gasteiger partial charge in [0.05, 0.1) is 5.56 Å². The minimum atomic E-state index is -0.630. The first kappa shape index (κ1) is 15.6. The second-order valence-electron chi connectivity index (χ2n) is 5.40. The van der Waals surface area contributed by atoms with Crippen LogP contribution in [0.5, 0.6) is 5.75 Å². The Hall–Kier alpha value is -2.27. The first-order valence-electron chi connectivity index (χ1n) is 7.45. The number of phenolic OH excluding ortho intramolecular Hbond substituents is 1. The zero-order valence-corrected chi connectivity index (χ0v) is 13.6. The third kappa shape index (κ3) is 2.72. The standard InChI is InChI=1S/C17H17ClN2O3/c1-3-19-16(22)14-9(2)23-17(20-14)12-8-13(18)10-6-4-5-7-11(10)15(12)21/h4-9,14,21H,3H2,1-2H3,(H,19,22)/t9-,14-/m0/s1. The molecule has 0 bridgehead atoms. The molecule has 3 rings (SSSR count). The van der Waals surface area contributed by atoms with Gasteiger partial charge < -0.3 is 15.2 Å². The summed E-state index contributed by atoms with van der Waals surface area (Å²) in [6.07, 6.45) is -0.402. The van der Waals surface area contributed by atoms with E-state index in [1.165, 1.54) is 0 Å². The van der Waals surface area contributed by atoms with Crippen LogP contribution in [0.25, 0.3) is 10.8 Å². The number of hydrogen-bond acceptors (Lipinski definition) is 4. The van der Waals surface area contributed by atoms with E-state index >= 15 is 0 Å². The number of amides is 1. The van der Waals surface area contributed by atoms with E-state index in [0.29, 0.717) is 22.5 Å². The van der Waals surface area contributed by atoms with E-state index in [0.717, 1.165) is 5.39 Å². The number of nitrogens with zero attached hydrogens (tertiary/aromatic N) is 1. The Morgan fingerprint density at radius 1 is 1.39 bits per heavy atom. The van der Waals surface area contributed by atoms with Crippen molar-refractivity contribution in [2.75, 3.05) is 6.54 Å². The molecule has 0 saturated carbocycles. The number of fused-ring (bicyclic) bond motifs is 1. The minimum Gasteiger partial charge on any atom is -0.506 e. The average molecular weight is 333 g/mol. The van der Waals surface area contributed by atoms with Crippen LogP contribution in [0.4, 0.5) is 0 Å². The summed E-state index contributed by atoms with van der Waals surface area (Å²) < 4.78 is 5.68. The molecule has 1 heterocycles. The lowest BCUT2D eigenvalue weighted by Crippen LogP contribution is -2.38. The van der Waals surface area contributed by atoms with Gasteiger partial charge in [0.1, 0.15) is 11.9 Å². The maximum atomic E-state index is 12.0. The van der Waals surface area contributed by atoms with Crippen LogP contribution in [0.3, 0.4) is 0 Å². The van der Waals surface area contributed by atoms with Gasteiger partial charge in [0.25, 0.3) is 0 Å². The fourth-order valence-electron chi connectivity index (χ4n) is 2.66. The predicted molar refractivity (Wildman–Crippen MR) is 90.2 cm³/mol. The molecule has 0 spiro atoms. The largest absolute Gasteiger partial charge is 0.506 e. The summed E-state index contributed by atoms with van der Waals surface area (Å²) in [5.74, 6) is 0.0905. The van der Waals surface area contributed by atoms with E-state index in [4.69, 9.17) is 16.3 Å². The number of ether oxygens (including phenoxy) is 1. The first-order valence-corrected chi connectivity index (χ1v) is 7.83. The molecule has 120 valence electrons. The Labute approximate surface area is 138 Å². The number of aromatic hydroxyl groups is 1. The summed E-state index contributed by atoms with van der Waals surface area (Å²) in [6, 6.07) is 8.27. The number of halogens is 1. The third-order valence-corrected chi connectivity index (χ3v) is 4.13. The molecule has 1 amide bonds. The van der Waals surface area contributed by atoms with Crippen LogP contribution in [0.1, 0.15) is 19.4 Å². The van der Waals surface area contributed by atoms with Gasteiger partial charge in [-0.2, -0.15) is 0 Å². The molecule has 2 N–H and O–H groups in total. The van der Waals surface area contributed by atoms with E-state index in [1.54, 1.807) is 19.1 Å². The predicted octanol–water partition coefficient (Wildman–Crippen LogP) is 2.87. The molecule has 5 nitrogen and oxygen atoms in total. The number of hydrogen-bond donors (Lipinski definition) is 2. The van der Waals surface area contributed by atoms with Gasteiger partial charge in [-0.1, -0.05) is 35.9 Å². The number of carbonyl (C=O) groups excluding carboxylic acids is 1. The van der Waals surface area contributed by atoms with E-state index < -0.39 is 12.1 Å². The molecule has 0 fully saturated rings. The lowest BCUT2D eigenvalue weighted by molar-refractivity contribution is -0.123. The Balaban J connectivity index is 2.05. The molecule has 0 aliphatic carbocycles. The molecule has 0 saturated heterocycles. The maximum Gasteiger partial charge on any atom is 0.248 e. The van der Waals surface area contributed by atoms with E-state index in [9.17, 15) is 9.90 Å². The van der Waals surface area contributed by atoms with Crippen molar-refractivity contribution in [2.45, 2.75) is 26.0 Å². The zero-order valence-electron chi connectivity index (χ0n) is 12.8. The van der Waals surface area contributed by atoms with Crippen LogP contribution in [0, 0.1) is 0 Å². The van der Waals surface area contributed by atoms with Gasteiger partial charge in [0.2, 0.25) is 11.8 Å². The second-order valence-corrected chi connectivity index (χ2v) is 5.80. The highest BCUT2D eigenvalue weighted by molar-refractivity contribution is 6.36. The Morgan fingerprint density at radius 3 is 2.78 bits per heavy atom. The smallest absolute Gasteiger partial charge is 0.248 e. The Kier molecular flexibility index (Phi) is 4.13. The van der Waals surface area contributed by atoms with Gasteiger partial charge in [0, 0.05) is 22.3 Å². The van der Waals surface area contributed by atoms with Crippen molar-refractivity contribution in [3.63, 3.8) is 0 Å². The first-order chi connectivity index (χ1) is 11.0. The highest BCUT2D eigenvalue weighted by Crippen LogP contribution is 2.36. The number of likely N-dealkylation sites (N-methyl/N-ethyl adjacent to an activating group) is 1. The number of rotatable bonds is 3. The maximum absolute atomic E-state index is 12.0. The van der Waals surface area contributed by atoms with Crippen molar-refractivity contribution < 1.29 is 14.6 Å². The summed E-state index contributed by atoms with van der Waals surface area (Å²) in [4.78, 5) is 16.3. The molecule has 1 aliphatic heterocycles. The number of benzene rings is 2. The van der Waals surface area contributed by atoms with Gasteiger partial charge in [-0.25, -0.2) is 4.99 Å². The van der Waals surface area contributed by atoms with Crippen LogP contribution in [-0.2, 0) is 9.53 Å². The van der Waals surface area contributed by atoms with Crippen LogP contribution >= 0.6 is 11.6 Å². The number of nitrogens with one attached hydrogen (secondary N) is 1. The molecular formula is C17H17ClN2O3. The van der Waals surface area contributed by atoms with Crippen molar-refractivity contribution >= 4 is 34.2 Å². The van der Waals surface area contributed by atoms with Crippen molar-refractivity contribution in [1.29, 1.82) is 0 Å². The number of carbonyl (C=O) groups is 1. The summed E-state index contributed by atoms with van der Waals surface area (Å²) in [5.41, 5.74) is 0.396. The highest BCUT2D eigenvalue weighted by Gasteiger charge is 2.34. The fraction of sp³-hybridized carbons (Fsp3) is 0.294. The molecule has 23 heavy (non-hydrogen) atoms. The minimum absolute atomic E-state index is 0.0486.